The second-order valence-corrected chi connectivity index (χ2v) is 16.8. The summed E-state index contributed by atoms with van der Waals surface area (Å²) in [6, 6.07) is 67.7. The van der Waals surface area contributed by atoms with E-state index in [0.717, 1.165) is 17.1 Å². The van der Waals surface area contributed by atoms with Crippen molar-refractivity contribution in [1.82, 2.24) is 4.57 Å². The van der Waals surface area contributed by atoms with Crippen molar-refractivity contribution in [1.29, 1.82) is 0 Å². The van der Waals surface area contributed by atoms with Crippen LogP contribution < -0.4 is 4.90 Å². The summed E-state index contributed by atoms with van der Waals surface area (Å²) >= 11 is 1.88. The second kappa shape index (κ2) is 11.7. The zero-order valence-corrected chi connectivity index (χ0v) is 31.9. The molecule has 0 fully saturated rings. The van der Waals surface area contributed by atoms with Crippen LogP contribution >= 0.6 is 11.3 Å². The molecule has 1 aliphatic rings. The first kappa shape index (κ1) is 31.6. The Hall–Kier alpha value is -6.68. The van der Waals surface area contributed by atoms with Gasteiger partial charge in [-0.25, -0.2) is 0 Å². The molecule has 0 atom stereocenters. The highest BCUT2D eigenvalue weighted by Gasteiger charge is 2.36. The molecule has 0 bridgehead atoms. The molecule has 2 heterocycles. The number of nitrogens with zero attached hydrogens (tertiary/aromatic N) is 2. The predicted molar refractivity (Wildman–Crippen MR) is 241 cm³/mol. The molecule has 2 aromatic heterocycles. The lowest BCUT2D eigenvalue weighted by atomic mass is 9.82. The number of para-hydroxylation sites is 1. The lowest BCUT2D eigenvalue weighted by Crippen LogP contribution is -2.16. The minimum absolute atomic E-state index is 0.116. The number of thiophene rings is 1. The SMILES string of the molecule is CC1(C)c2ccccc2-c2ccc(N(c3ccc4c(c3)c3c5cc6c(cc5ccc3n4-c3ccccc3)sc3ccccc36)c3cccc4ccccc34)cc21. The maximum absolute atomic E-state index is 2.49. The van der Waals surface area contributed by atoms with Crippen LogP contribution in [0.4, 0.5) is 17.1 Å². The van der Waals surface area contributed by atoms with Crippen LogP contribution in [0.25, 0.3) is 80.3 Å². The molecule has 0 unspecified atom stereocenters. The molecule has 0 saturated carbocycles. The van der Waals surface area contributed by atoms with E-state index in [1.54, 1.807) is 0 Å². The van der Waals surface area contributed by atoms with E-state index < -0.39 is 0 Å². The Morgan fingerprint density at radius 2 is 1.16 bits per heavy atom. The summed E-state index contributed by atoms with van der Waals surface area (Å²) in [6.45, 7) is 4.74. The number of fused-ring (bicyclic) bond motifs is 12. The fourth-order valence-electron chi connectivity index (χ4n) is 9.71. The van der Waals surface area contributed by atoms with Gasteiger partial charge in [0.05, 0.1) is 16.7 Å². The van der Waals surface area contributed by atoms with Crippen molar-refractivity contribution in [2.75, 3.05) is 4.90 Å². The average molecular weight is 733 g/mol. The van der Waals surface area contributed by atoms with E-state index >= 15 is 0 Å². The molecule has 0 N–H and O–H groups in total. The number of benzene rings is 9. The van der Waals surface area contributed by atoms with Gasteiger partial charge < -0.3 is 9.47 Å². The van der Waals surface area contributed by atoms with Gasteiger partial charge in [-0.05, 0) is 111 Å². The number of aromatic nitrogens is 1. The third-order valence-corrected chi connectivity index (χ3v) is 13.5. The predicted octanol–water partition coefficient (Wildman–Crippen LogP) is 15.2. The van der Waals surface area contributed by atoms with Crippen LogP contribution in [-0.4, -0.2) is 4.57 Å². The first-order valence-electron chi connectivity index (χ1n) is 19.4. The molecule has 3 heteroatoms. The maximum atomic E-state index is 2.49. The molecule has 0 saturated heterocycles. The van der Waals surface area contributed by atoms with E-state index in [4.69, 9.17) is 0 Å². The molecule has 264 valence electrons. The summed E-state index contributed by atoms with van der Waals surface area (Å²) < 4.78 is 5.10. The van der Waals surface area contributed by atoms with Crippen molar-refractivity contribution in [3.05, 3.63) is 193 Å². The largest absolute Gasteiger partial charge is 0.310 e. The molecule has 1 aliphatic carbocycles. The monoisotopic (exact) mass is 732 g/mol. The van der Waals surface area contributed by atoms with Crippen molar-refractivity contribution in [3.8, 4) is 16.8 Å². The highest BCUT2D eigenvalue weighted by Crippen LogP contribution is 2.51. The minimum Gasteiger partial charge on any atom is -0.310 e. The van der Waals surface area contributed by atoms with Gasteiger partial charge in [0.25, 0.3) is 0 Å². The molecule has 56 heavy (non-hydrogen) atoms. The third kappa shape index (κ3) is 4.43. The lowest BCUT2D eigenvalue weighted by molar-refractivity contribution is 0.660. The third-order valence-electron chi connectivity index (χ3n) is 12.3. The Morgan fingerprint density at radius 3 is 2.07 bits per heavy atom. The smallest absolute Gasteiger partial charge is 0.0547 e. The quantitative estimate of drug-likeness (QED) is 0.175. The summed E-state index contributed by atoms with van der Waals surface area (Å²) in [5, 5.41) is 10.2. The van der Waals surface area contributed by atoms with Gasteiger partial charge in [-0.3, -0.25) is 0 Å². The Morgan fingerprint density at radius 1 is 0.446 bits per heavy atom. The lowest BCUT2D eigenvalue weighted by Gasteiger charge is -2.29. The molecule has 0 radical (unpaired) electrons. The van der Waals surface area contributed by atoms with Gasteiger partial charge in [0.15, 0.2) is 0 Å². The molecule has 12 rings (SSSR count). The van der Waals surface area contributed by atoms with Gasteiger partial charge in [0, 0.05) is 58.8 Å². The molecule has 0 aliphatic heterocycles. The normalized spacial score (nSPS) is 13.3. The van der Waals surface area contributed by atoms with Crippen LogP contribution in [0.5, 0.6) is 0 Å². The number of rotatable bonds is 4. The van der Waals surface area contributed by atoms with Crippen molar-refractivity contribution >= 4 is 91.9 Å². The Labute approximate surface area is 329 Å². The molecule has 9 aromatic carbocycles. The van der Waals surface area contributed by atoms with Crippen LogP contribution in [-0.2, 0) is 5.41 Å². The highest BCUT2D eigenvalue weighted by atomic mass is 32.1. The first-order chi connectivity index (χ1) is 27.5. The summed E-state index contributed by atoms with van der Waals surface area (Å²) in [5.41, 5.74) is 12.3. The highest BCUT2D eigenvalue weighted by molar-refractivity contribution is 7.25. The van der Waals surface area contributed by atoms with Crippen LogP contribution in [0.2, 0.25) is 0 Å². The van der Waals surface area contributed by atoms with Crippen LogP contribution in [0, 0.1) is 0 Å². The summed E-state index contributed by atoms with van der Waals surface area (Å²) in [4.78, 5) is 2.49. The fourth-order valence-corrected chi connectivity index (χ4v) is 10.8. The zero-order chi connectivity index (χ0) is 37.1. The number of hydrogen-bond acceptors (Lipinski definition) is 2. The van der Waals surface area contributed by atoms with E-state index in [1.807, 2.05) is 11.3 Å². The maximum Gasteiger partial charge on any atom is 0.0547 e. The summed E-state index contributed by atoms with van der Waals surface area (Å²) in [5.74, 6) is 0. The molecular weight excluding hydrogens is 697 g/mol. The van der Waals surface area contributed by atoms with Gasteiger partial charge >= 0.3 is 0 Å². The van der Waals surface area contributed by atoms with Crippen molar-refractivity contribution in [2.24, 2.45) is 0 Å². The van der Waals surface area contributed by atoms with E-state index in [2.05, 4.69) is 205 Å². The van der Waals surface area contributed by atoms with Crippen molar-refractivity contribution < 1.29 is 0 Å². The number of hydrogen-bond donors (Lipinski definition) is 0. The Balaban J connectivity index is 1.17. The van der Waals surface area contributed by atoms with Gasteiger partial charge in [0.2, 0.25) is 0 Å². The molecule has 0 spiro atoms. The molecule has 2 nitrogen and oxygen atoms in total. The minimum atomic E-state index is -0.116. The van der Waals surface area contributed by atoms with E-state index in [0.29, 0.717) is 0 Å². The zero-order valence-electron chi connectivity index (χ0n) is 31.1. The molecule has 0 amide bonds. The topological polar surface area (TPSA) is 8.17 Å². The van der Waals surface area contributed by atoms with Gasteiger partial charge in [-0.2, -0.15) is 0 Å². The molecule has 11 aromatic rings. The van der Waals surface area contributed by atoms with Crippen LogP contribution in [0.15, 0.2) is 182 Å². The van der Waals surface area contributed by atoms with E-state index in [1.165, 1.54) is 91.5 Å². The standard InChI is InChI=1S/C53H36N2S/c1-53(2)45-20-10-8-18-39(45)40-26-24-37(31-46(40)53)54(47-21-12-14-33-13-6-7-17-38(33)47)36-25-28-48-44(30-36)52-42-32-43-41-19-9-11-22-50(41)56-51(43)29-34(42)23-27-49(52)55(48)35-15-4-3-5-16-35/h3-32H,1-2H3. The summed E-state index contributed by atoms with van der Waals surface area (Å²) in [7, 11) is 0. The van der Waals surface area contributed by atoms with Gasteiger partial charge in [0.1, 0.15) is 0 Å². The van der Waals surface area contributed by atoms with Crippen LogP contribution in [0.3, 0.4) is 0 Å². The van der Waals surface area contributed by atoms with Crippen LogP contribution in [0.1, 0.15) is 25.0 Å². The first-order valence-corrected chi connectivity index (χ1v) is 20.2. The van der Waals surface area contributed by atoms with Gasteiger partial charge in [-0.1, -0.05) is 123 Å². The van der Waals surface area contributed by atoms with E-state index in [-0.39, 0.29) is 5.41 Å². The van der Waals surface area contributed by atoms with Crippen molar-refractivity contribution in [2.45, 2.75) is 19.3 Å². The second-order valence-electron chi connectivity index (χ2n) is 15.7. The van der Waals surface area contributed by atoms with Crippen molar-refractivity contribution in [3.63, 3.8) is 0 Å². The van der Waals surface area contributed by atoms with Gasteiger partial charge in [-0.15, -0.1) is 11.3 Å². The fraction of sp³-hybridized carbons (Fsp3) is 0.0566. The van der Waals surface area contributed by atoms with E-state index in [9.17, 15) is 0 Å². The Kier molecular flexibility index (Phi) is 6.59. The summed E-state index contributed by atoms with van der Waals surface area (Å²) in [6.07, 6.45) is 0. The average Bonchev–Trinajstić information content (AvgIpc) is 3.85. The number of anilines is 3. The molecular formula is C53H36N2S. The Bertz CT molecular complexity index is 3400.